The molecule has 0 saturated heterocycles. The van der Waals surface area contributed by atoms with Crippen LogP contribution in [0.4, 0.5) is 0 Å². The Hall–Kier alpha value is -0.610. The van der Waals surface area contributed by atoms with Crippen molar-refractivity contribution in [3.63, 3.8) is 0 Å². The zero-order valence-electron chi connectivity index (χ0n) is 10.2. The third-order valence-electron chi connectivity index (χ3n) is 3.17. The van der Waals surface area contributed by atoms with Crippen molar-refractivity contribution in [2.45, 2.75) is 70.5 Å². The van der Waals surface area contributed by atoms with Gasteiger partial charge in [-0.05, 0) is 26.2 Å². The second kappa shape index (κ2) is 7.63. The lowest BCUT2D eigenvalue weighted by Gasteiger charge is -2.20. The summed E-state index contributed by atoms with van der Waals surface area (Å²) in [5.74, 6) is 4.91. The van der Waals surface area contributed by atoms with Crippen LogP contribution in [0.15, 0.2) is 0 Å². The molecule has 0 spiro atoms. The van der Waals surface area contributed by atoms with Crippen LogP contribution in [0.2, 0.25) is 0 Å². The fourth-order valence-electron chi connectivity index (χ4n) is 2.18. The van der Waals surface area contributed by atoms with E-state index in [2.05, 4.69) is 5.43 Å². The summed E-state index contributed by atoms with van der Waals surface area (Å²) in [4.78, 5) is 11.0. The van der Waals surface area contributed by atoms with E-state index < -0.39 is 0 Å². The van der Waals surface area contributed by atoms with Crippen molar-refractivity contribution in [1.82, 2.24) is 5.43 Å². The van der Waals surface area contributed by atoms with E-state index in [1.807, 2.05) is 6.92 Å². The number of rotatable bonds is 5. The van der Waals surface area contributed by atoms with Gasteiger partial charge in [-0.3, -0.25) is 10.2 Å². The molecule has 0 bridgehead atoms. The molecule has 1 aliphatic rings. The fraction of sp³-hybridized carbons (Fsp3) is 0.917. The van der Waals surface area contributed by atoms with Gasteiger partial charge in [0.2, 0.25) is 5.91 Å². The molecule has 0 aliphatic heterocycles. The van der Waals surface area contributed by atoms with E-state index in [-0.39, 0.29) is 12.0 Å². The van der Waals surface area contributed by atoms with Crippen molar-refractivity contribution in [1.29, 1.82) is 0 Å². The van der Waals surface area contributed by atoms with Crippen molar-refractivity contribution < 1.29 is 9.53 Å². The molecule has 1 fully saturated rings. The van der Waals surface area contributed by atoms with Crippen molar-refractivity contribution in [2.24, 2.45) is 5.84 Å². The Morgan fingerprint density at radius 2 is 2.00 bits per heavy atom. The molecule has 16 heavy (non-hydrogen) atoms. The lowest BCUT2D eigenvalue weighted by molar-refractivity contribution is -0.122. The maximum atomic E-state index is 11.0. The maximum absolute atomic E-state index is 11.0. The van der Waals surface area contributed by atoms with Crippen molar-refractivity contribution in [3.8, 4) is 0 Å². The normalized spacial score (nSPS) is 20.1. The number of carbonyl (C=O) groups excluding carboxylic acids is 1. The lowest BCUT2D eigenvalue weighted by Crippen LogP contribution is -2.31. The van der Waals surface area contributed by atoms with Crippen LogP contribution in [0.1, 0.15) is 58.3 Å². The summed E-state index contributed by atoms with van der Waals surface area (Å²) in [5.41, 5.74) is 2.14. The largest absolute Gasteiger partial charge is 0.375 e. The molecule has 3 N–H and O–H groups in total. The molecule has 1 saturated carbocycles. The second-order valence-corrected chi connectivity index (χ2v) is 4.67. The zero-order valence-corrected chi connectivity index (χ0v) is 10.2. The van der Waals surface area contributed by atoms with Gasteiger partial charge in [-0.1, -0.05) is 25.7 Å². The second-order valence-electron chi connectivity index (χ2n) is 4.67. The van der Waals surface area contributed by atoms with E-state index in [0.29, 0.717) is 12.5 Å². The first kappa shape index (κ1) is 13.5. The summed E-state index contributed by atoms with van der Waals surface area (Å²) in [7, 11) is 0. The standard InChI is InChI=1S/C12H24N2O2/c1-10(8-9-12(15)14-13)16-11-6-4-2-3-5-7-11/h10-11H,2-9,13H2,1H3,(H,14,15). The summed E-state index contributed by atoms with van der Waals surface area (Å²) in [6.07, 6.45) is 9.33. The smallest absolute Gasteiger partial charge is 0.233 e. The summed E-state index contributed by atoms with van der Waals surface area (Å²) in [6, 6.07) is 0. The number of ether oxygens (including phenoxy) is 1. The number of hydrogen-bond acceptors (Lipinski definition) is 3. The Kier molecular flexibility index (Phi) is 6.42. The minimum Gasteiger partial charge on any atom is -0.375 e. The lowest BCUT2D eigenvalue weighted by atomic mass is 10.1. The number of hydrazine groups is 1. The van der Waals surface area contributed by atoms with E-state index in [0.717, 1.165) is 6.42 Å². The van der Waals surface area contributed by atoms with Gasteiger partial charge in [-0.15, -0.1) is 0 Å². The van der Waals surface area contributed by atoms with Crippen molar-refractivity contribution in [2.75, 3.05) is 0 Å². The van der Waals surface area contributed by atoms with E-state index in [1.165, 1.54) is 38.5 Å². The molecule has 1 amide bonds. The number of amides is 1. The molecule has 0 aromatic rings. The molecule has 0 aromatic carbocycles. The minimum absolute atomic E-state index is 0.115. The van der Waals surface area contributed by atoms with E-state index in [4.69, 9.17) is 10.6 Å². The van der Waals surface area contributed by atoms with Crippen LogP contribution in [-0.2, 0) is 9.53 Å². The number of hydrogen-bond donors (Lipinski definition) is 2. The molecule has 0 aromatic heterocycles. The van der Waals surface area contributed by atoms with Gasteiger partial charge >= 0.3 is 0 Å². The van der Waals surface area contributed by atoms with Crippen LogP contribution in [0.3, 0.4) is 0 Å². The molecular formula is C12H24N2O2. The monoisotopic (exact) mass is 228 g/mol. The quantitative estimate of drug-likeness (QED) is 0.327. The Morgan fingerprint density at radius 1 is 1.38 bits per heavy atom. The summed E-state index contributed by atoms with van der Waals surface area (Å²) < 4.78 is 5.95. The third-order valence-corrected chi connectivity index (χ3v) is 3.17. The van der Waals surface area contributed by atoms with E-state index >= 15 is 0 Å². The molecule has 4 heteroatoms. The molecule has 1 atom stereocenters. The van der Waals surface area contributed by atoms with Gasteiger partial charge in [0.05, 0.1) is 12.2 Å². The Balaban J connectivity index is 2.16. The molecule has 1 unspecified atom stereocenters. The highest BCUT2D eigenvalue weighted by Gasteiger charge is 2.16. The summed E-state index contributed by atoms with van der Waals surface area (Å²) >= 11 is 0. The first-order chi connectivity index (χ1) is 7.72. The van der Waals surface area contributed by atoms with Gasteiger partial charge in [-0.25, -0.2) is 5.84 Å². The highest BCUT2D eigenvalue weighted by atomic mass is 16.5. The van der Waals surface area contributed by atoms with Gasteiger partial charge in [0, 0.05) is 6.42 Å². The molecular weight excluding hydrogens is 204 g/mol. The van der Waals surface area contributed by atoms with Crippen LogP contribution in [0, 0.1) is 0 Å². The Labute approximate surface area is 97.9 Å². The average Bonchev–Trinajstić information content (AvgIpc) is 2.54. The molecule has 94 valence electrons. The van der Waals surface area contributed by atoms with Gasteiger partial charge in [-0.2, -0.15) is 0 Å². The third kappa shape index (κ3) is 5.47. The van der Waals surface area contributed by atoms with Gasteiger partial charge in [0.1, 0.15) is 0 Å². The minimum atomic E-state index is -0.115. The van der Waals surface area contributed by atoms with Gasteiger partial charge in [0.25, 0.3) is 0 Å². The molecule has 0 heterocycles. The van der Waals surface area contributed by atoms with Crippen LogP contribution in [0.25, 0.3) is 0 Å². The van der Waals surface area contributed by atoms with Crippen molar-refractivity contribution in [3.05, 3.63) is 0 Å². The van der Waals surface area contributed by atoms with Crippen LogP contribution < -0.4 is 11.3 Å². The Morgan fingerprint density at radius 3 is 2.56 bits per heavy atom. The zero-order chi connectivity index (χ0) is 11.8. The highest BCUT2D eigenvalue weighted by Crippen LogP contribution is 2.21. The van der Waals surface area contributed by atoms with Crippen LogP contribution in [0.5, 0.6) is 0 Å². The molecule has 0 radical (unpaired) electrons. The number of nitrogens with two attached hydrogens (primary N) is 1. The van der Waals surface area contributed by atoms with Crippen molar-refractivity contribution >= 4 is 5.91 Å². The summed E-state index contributed by atoms with van der Waals surface area (Å²) in [5, 5.41) is 0. The fourth-order valence-corrected chi connectivity index (χ4v) is 2.18. The van der Waals surface area contributed by atoms with Gasteiger partial charge in [0.15, 0.2) is 0 Å². The maximum Gasteiger partial charge on any atom is 0.233 e. The molecule has 1 aliphatic carbocycles. The first-order valence-corrected chi connectivity index (χ1v) is 6.37. The van der Waals surface area contributed by atoms with E-state index in [1.54, 1.807) is 0 Å². The predicted molar refractivity (Wildman–Crippen MR) is 63.6 cm³/mol. The van der Waals surface area contributed by atoms with Crippen LogP contribution >= 0.6 is 0 Å². The number of carbonyl (C=O) groups is 1. The SMILES string of the molecule is CC(CCC(=O)NN)OC1CCCCCC1. The van der Waals surface area contributed by atoms with E-state index in [9.17, 15) is 4.79 Å². The molecule has 4 nitrogen and oxygen atoms in total. The summed E-state index contributed by atoms with van der Waals surface area (Å²) in [6.45, 7) is 2.04. The first-order valence-electron chi connectivity index (χ1n) is 6.37. The van der Waals surface area contributed by atoms with Crippen LogP contribution in [-0.4, -0.2) is 18.1 Å². The highest BCUT2D eigenvalue weighted by molar-refractivity contribution is 5.75. The number of nitrogens with one attached hydrogen (secondary N) is 1. The Bertz CT molecular complexity index is 201. The van der Waals surface area contributed by atoms with Gasteiger partial charge < -0.3 is 4.74 Å². The molecule has 1 rings (SSSR count). The topological polar surface area (TPSA) is 64.4 Å². The average molecular weight is 228 g/mol. The predicted octanol–water partition coefficient (Wildman–Crippen LogP) is 1.88.